The van der Waals surface area contributed by atoms with E-state index in [2.05, 4.69) is 21.8 Å². The molecule has 2 aromatic rings. The third-order valence-corrected chi connectivity index (χ3v) is 3.08. The van der Waals surface area contributed by atoms with E-state index < -0.39 is 0 Å². The summed E-state index contributed by atoms with van der Waals surface area (Å²) in [5.74, 6) is 0.768. The van der Waals surface area contributed by atoms with E-state index in [1.165, 1.54) is 6.07 Å². The summed E-state index contributed by atoms with van der Waals surface area (Å²) in [5, 5.41) is 3.12. The third kappa shape index (κ3) is 2.53. The molecule has 0 atom stereocenters. The van der Waals surface area contributed by atoms with Gasteiger partial charge >= 0.3 is 0 Å². The Bertz CT molecular complexity index is 519. The molecule has 0 spiro atoms. The SMILES string of the molecule is CCCn1c(CCCNC)nc2c(F)cccc21. The zero-order chi connectivity index (χ0) is 13.0. The van der Waals surface area contributed by atoms with E-state index in [4.69, 9.17) is 0 Å². The van der Waals surface area contributed by atoms with Crippen LogP contribution >= 0.6 is 0 Å². The number of hydrogen-bond donors (Lipinski definition) is 1. The molecule has 18 heavy (non-hydrogen) atoms. The number of nitrogens with zero attached hydrogens (tertiary/aromatic N) is 2. The molecule has 0 saturated carbocycles. The second-order valence-corrected chi connectivity index (χ2v) is 4.49. The first-order chi connectivity index (χ1) is 8.77. The molecule has 4 heteroatoms. The van der Waals surface area contributed by atoms with Crippen LogP contribution in [0, 0.1) is 5.82 Å². The van der Waals surface area contributed by atoms with Gasteiger partial charge in [-0.25, -0.2) is 9.37 Å². The molecule has 0 aliphatic rings. The summed E-state index contributed by atoms with van der Waals surface area (Å²) in [6, 6.07) is 5.18. The first-order valence-electron chi connectivity index (χ1n) is 6.56. The second-order valence-electron chi connectivity index (χ2n) is 4.49. The summed E-state index contributed by atoms with van der Waals surface area (Å²) >= 11 is 0. The van der Waals surface area contributed by atoms with Gasteiger partial charge in [-0.1, -0.05) is 13.0 Å². The number of halogens is 1. The van der Waals surface area contributed by atoms with E-state index in [1.807, 2.05) is 13.1 Å². The highest BCUT2D eigenvalue weighted by Crippen LogP contribution is 2.20. The Morgan fingerprint density at radius 2 is 2.22 bits per heavy atom. The van der Waals surface area contributed by atoms with Crippen LogP contribution in [0.4, 0.5) is 4.39 Å². The van der Waals surface area contributed by atoms with Gasteiger partial charge in [0.25, 0.3) is 0 Å². The molecule has 1 heterocycles. The molecule has 0 aliphatic carbocycles. The van der Waals surface area contributed by atoms with Gasteiger partial charge in [-0.05, 0) is 38.6 Å². The quantitative estimate of drug-likeness (QED) is 0.798. The van der Waals surface area contributed by atoms with Crippen LogP contribution in [0.3, 0.4) is 0 Å². The van der Waals surface area contributed by atoms with Gasteiger partial charge in [0.2, 0.25) is 0 Å². The summed E-state index contributed by atoms with van der Waals surface area (Å²) in [6.45, 7) is 3.98. The van der Waals surface area contributed by atoms with Gasteiger partial charge in [0, 0.05) is 13.0 Å². The first kappa shape index (κ1) is 13.0. The number of fused-ring (bicyclic) bond motifs is 1. The Morgan fingerprint density at radius 3 is 2.94 bits per heavy atom. The minimum absolute atomic E-state index is 0.225. The fourth-order valence-electron chi connectivity index (χ4n) is 2.25. The summed E-state index contributed by atoms with van der Waals surface area (Å²) in [6.07, 6.45) is 2.93. The number of nitrogens with one attached hydrogen (secondary N) is 1. The molecule has 1 aromatic carbocycles. The monoisotopic (exact) mass is 249 g/mol. The Kier molecular flexibility index (Phi) is 4.31. The lowest BCUT2D eigenvalue weighted by Crippen LogP contribution is -2.11. The van der Waals surface area contributed by atoms with Crippen LogP contribution in [-0.4, -0.2) is 23.1 Å². The molecule has 0 unspecified atom stereocenters. The Hall–Kier alpha value is -1.42. The predicted molar refractivity (Wildman–Crippen MR) is 72.2 cm³/mol. The van der Waals surface area contributed by atoms with E-state index in [1.54, 1.807) is 6.07 Å². The van der Waals surface area contributed by atoms with Gasteiger partial charge in [0.05, 0.1) is 5.52 Å². The van der Waals surface area contributed by atoms with Gasteiger partial charge in [0.15, 0.2) is 5.82 Å². The number of rotatable bonds is 6. The zero-order valence-electron chi connectivity index (χ0n) is 11.0. The number of imidazole rings is 1. The van der Waals surface area contributed by atoms with Crippen molar-refractivity contribution in [1.82, 2.24) is 14.9 Å². The predicted octanol–water partition coefficient (Wildman–Crippen LogP) is 2.74. The van der Waals surface area contributed by atoms with E-state index in [0.717, 1.165) is 43.7 Å². The van der Waals surface area contributed by atoms with Gasteiger partial charge in [0.1, 0.15) is 11.3 Å². The molecule has 3 nitrogen and oxygen atoms in total. The Labute approximate surface area is 107 Å². The largest absolute Gasteiger partial charge is 0.328 e. The molecule has 0 fully saturated rings. The molecule has 0 amide bonds. The standard InChI is InChI=1S/C14H20FN3/c1-3-10-18-12-7-4-6-11(15)14(12)17-13(18)8-5-9-16-2/h4,6-7,16H,3,5,8-10H2,1-2H3. The van der Waals surface area contributed by atoms with Crippen molar-refractivity contribution in [2.45, 2.75) is 32.7 Å². The summed E-state index contributed by atoms with van der Waals surface area (Å²) in [5.41, 5.74) is 1.42. The highest BCUT2D eigenvalue weighted by molar-refractivity contribution is 5.76. The molecular formula is C14H20FN3. The fourth-order valence-corrected chi connectivity index (χ4v) is 2.25. The van der Waals surface area contributed by atoms with Crippen LogP contribution in [0.5, 0.6) is 0 Å². The normalized spacial score (nSPS) is 11.3. The van der Waals surface area contributed by atoms with Crippen LogP contribution in [0.25, 0.3) is 11.0 Å². The number of aromatic nitrogens is 2. The maximum Gasteiger partial charge on any atom is 0.151 e. The fraction of sp³-hybridized carbons (Fsp3) is 0.500. The lowest BCUT2D eigenvalue weighted by Gasteiger charge is -2.07. The van der Waals surface area contributed by atoms with Crippen molar-refractivity contribution in [3.8, 4) is 0 Å². The van der Waals surface area contributed by atoms with Crippen molar-refractivity contribution in [2.75, 3.05) is 13.6 Å². The lowest BCUT2D eigenvalue weighted by atomic mass is 10.3. The van der Waals surface area contributed by atoms with Crippen LogP contribution in [0.2, 0.25) is 0 Å². The smallest absolute Gasteiger partial charge is 0.151 e. The number of aryl methyl sites for hydroxylation is 2. The molecule has 0 saturated heterocycles. The van der Waals surface area contributed by atoms with Crippen molar-refractivity contribution in [3.05, 3.63) is 29.8 Å². The first-order valence-corrected chi connectivity index (χ1v) is 6.56. The van der Waals surface area contributed by atoms with E-state index in [0.29, 0.717) is 5.52 Å². The minimum Gasteiger partial charge on any atom is -0.328 e. The molecule has 0 radical (unpaired) electrons. The average Bonchev–Trinajstić information content (AvgIpc) is 2.71. The molecule has 98 valence electrons. The minimum atomic E-state index is -0.225. The maximum absolute atomic E-state index is 13.7. The van der Waals surface area contributed by atoms with E-state index in [9.17, 15) is 4.39 Å². The molecule has 2 rings (SSSR count). The average molecular weight is 249 g/mol. The van der Waals surface area contributed by atoms with Crippen LogP contribution in [-0.2, 0) is 13.0 Å². The molecule has 1 N–H and O–H groups in total. The Morgan fingerprint density at radius 1 is 1.39 bits per heavy atom. The van der Waals surface area contributed by atoms with E-state index >= 15 is 0 Å². The highest BCUT2D eigenvalue weighted by Gasteiger charge is 2.12. The number of benzene rings is 1. The van der Waals surface area contributed by atoms with E-state index in [-0.39, 0.29) is 5.82 Å². The summed E-state index contributed by atoms with van der Waals surface area (Å²) < 4.78 is 15.9. The van der Waals surface area contributed by atoms with Crippen molar-refractivity contribution in [3.63, 3.8) is 0 Å². The number of hydrogen-bond acceptors (Lipinski definition) is 2. The zero-order valence-corrected chi connectivity index (χ0v) is 11.0. The van der Waals surface area contributed by atoms with Crippen LogP contribution < -0.4 is 5.32 Å². The van der Waals surface area contributed by atoms with Gasteiger partial charge in [-0.3, -0.25) is 0 Å². The van der Waals surface area contributed by atoms with Gasteiger partial charge in [-0.15, -0.1) is 0 Å². The summed E-state index contributed by atoms with van der Waals surface area (Å²) in [7, 11) is 1.94. The highest BCUT2D eigenvalue weighted by atomic mass is 19.1. The molecular weight excluding hydrogens is 229 g/mol. The maximum atomic E-state index is 13.7. The van der Waals surface area contributed by atoms with Gasteiger partial charge < -0.3 is 9.88 Å². The van der Waals surface area contributed by atoms with Crippen LogP contribution in [0.1, 0.15) is 25.6 Å². The Balaban J connectivity index is 2.37. The number of para-hydroxylation sites is 1. The van der Waals surface area contributed by atoms with Crippen molar-refractivity contribution < 1.29 is 4.39 Å². The van der Waals surface area contributed by atoms with Crippen molar-refractivity contribution >= 4 is 11.0 Å². The summed E-state index contributed by atoms with van der Waals surface area (Å²) in [4.78, 5) is 4.46. The second kappa shape index (κ2) is 5.96. The van der Waals surface area contributed by atoms with Crippen molar-refractivity contribution in [1.29, 1.82) is 0 Å². The topological polar surface area (TPSA) is 29.9 Å². The van der Waals surface area contributed by atoms with Crippen molar-refractivity contribution in [2.24, 2.45) is 0 Å². The molecule has 1 aromatic heterocycles. The van der Waals surface area contributed by atoms with Crippen LogP contribution in [0.15, 0.2) is 18.2 Å². The molecule has 0 bridgehead atoms. The third-order valence-electron chi connectivity index (χ3n) is 3.08. The molecule has 0 aliphatic heterocycles. The lowest BCUT2D eigenvalue weighted by molar-refractivity contribution is 0.625. The van der Waals surface area contributed by atoms with Gasteiger partial charge in [-0.2, -0.15) is 0 Å².